The number of esters is 2. The van der Waals surface area contributed by atoms with E-state index in [1.807, 2.05) is 0 Å². The second kappa shape index (κ2) is 9.38. The lowest BCUT2D eigenvalue weighted by atomic mass is 10.2. The SMILES string of the molecule is COC(=O)C=C1SCC(=O)N1CCCOC(=O)c1ccc(Cl)c([N+](=O)[O-])c1. The minimum atomic E-state index is -0.734. The van der Waals surface area contributed by atoms with Crippen LogP contribution >= 0.6 is 23.4 Å². The number of benzene rings is 1. The van der Waals surface area contributed by atoms with Crippen molar-refractivity contribution in [1.29, 1.82) is 0 Å². The molecule has 11 heteroatoms. The lowest BCUT2D eigenvalue weighted by Crippen LogP contribution is -2.27. The first-order chi connectivity index (χ1) is 12.8. The molecule has 0 aliphatic carbocycles. The number of hydrogen-bond donors (Lipinski definition) is 0. The Morgan fingerprint density at radius 3 is 2.85 bits per heavy atom. The van der Waals surface area contributed by atoms with E-state index in [0.29, 0.717) is 11.4 Å². The Labute approximate surface area is 163 Å². The van der Waals surface area contributed by atoms with Crippen molar-refractivity contribution >= 4 is 46.9 Å². The van der Waals surface area contributed by atoms with Gasteiger partial charge in [0.25, 0.3) is 5.69 Å². The van der Waals surface area contributed by atoms with Crippen molar-refractivity contribution < 1.29 is 28.8 Å². The van der Waals surface area contributed by atoms with Crippen LogP contribution in [0.4, 0.5) is 5.69 Å². The van der Waals surface area contributed by atoms with E-state index in [4.69, 9.17) is 16.3 Å². The summed E-state index contributed by atoms with van der Waals surface area (Å²) in [5.74, 6) is -1.23. The number of carbonyl (C=O) groups excluding carboxylic acids is 3. The van der Waals surface area contributed by atoms with E-state index >= 15 is 0 Å². The quantitative estimate of drug-likeness (QED) is 0.219. The van der Waals surface area contributed by atoms with Crippen LogP contribution < -0.4 is 0 Å². The molecule has 0 atom stereocenters. The monoisotopic (exact) mass is 414 g/mol. The number of nitro groups is 1. The van der Waals surface area contributed by atoms with E-state index in [0.717, 1.165) is 6.07 Å². The van der Waals surface area contributed by atoms with Gasteiger partial charge in [-0.1, -0.05) is 23.4 Å². The molecule has 0 spiro atoms. The molecule has 9 nitrogen and oxygen atoms in total. The molecule has 1 heterocycles. The highest BCUT2D eigenvalue weighted by Gasteiger charge is 2.27. The zero-order valence-electron chi connectivity index (χ0n) is 14.2. The van der Waals surface area contributed by atoms with Crippen molar-refractivity contribution in [2.75, 3.05) is 26.0 Å². The Morgan fingerprint density at radius 2 is 2.19 bits per heavy atom. The van der Waals surface area contributed by atoms with Crippen LogP contribution in [0.15, 0.2) is 29.3 Å². The minimum absolute atomic E-state index is 0.00475. The molecule has 0 aromatic heterocycles. The molecule has 1 aliphatic rings. The van der Waals surface area contributed by atoms with Gasteiger partial charge in [0.05, 0.1) is 41.1 Å². The van der Waals surface area contributed by atoms with E-state index in [2.05, 4.69) is 4.74 Å². The summed E-state index contributed by atoms with van der Waals surface area (Å²) in [7, 11) is 1.24. The zero-order chi connectivity index (χ0) is 20.0. The molecule has 1 aliphatic heterocycles. The highest BCUT2D eigenvalue weighted by Crippen LogP contribution is 2.29. The summed E-state index contributed by atoms with van der Waals surface area (Å²) in [4.78, 5) is 46.8. The van der Waals surface area contributed by atoms with Crippen molar-refractivity contribution in [1.82, 2.24) is 4.90 Å². The van der Waals surface area contributed by atoms with Crippen LogP contribution in [0.5, 0.6) is 0 Å². The highest BCUT2D eigenvalue weighted by molar-refractivity contribution is 8.04. The second-order valence-electron chi connectivity index (χ2n) is 5.25. The van der Waals surface area contributed by atoms with Crippen LogP contribution in [-0.4, -0.2) is 53.7 Å². The van der Waals surface area contributed by atoms with E-state index in [1.165, 1.54) is 42.0 Å². The van der Waals surface area contributed by atoms with Gasteiger partial charge in [0.2, 0.25) is 5.91 Å². The Hall–Kier alpha value is -2.59. The lowest BCUT2D eigenvalue weighted by Gasteiger charge is -2.16. The maximum atomic E-state index is 12.0. The highest BCUT2D eigenvalue weighted by atomic mass is 35.5. The number of nitro benzene ring substituents is 1. The molecule has 1 fully saturated rings. The fraction of sp³-hybridized carbons (Fsp3) is 0.312. The fourth-order valence-electron chi connectivity index (χ4n) is 2.18. The molecule has 1 saturated heterocycles. The third-order valence-electron chi connectivity index (χ3n) is 3.49. The molecule has 144 valence electrons. The van der Waals surface area contributed by atoms with Gasteiger partial charge in [-0.05, 0) is 18.6 Å². The summed E-state index contributed by atoms with van der Waals surface area (Å²) >= 11 is 6.92. The number of thioether (sulfide) groups is 1. The molecular formula is C16H15ClN2O7S. The van der Waals surface area contributed by atoms with Crippen LogP contribution in [0.2, 0.25) is 5.02 Å². The van der Waals surface area contributed by atoms with E-state index in [1.54, 1.807) is 0 Å². The summed E-state index contributed by atoms with van der Waals surface area (Å²) < 4.78 is 9.62. The fourth-order valence-corrected chi connectivity index (χ4v) is 3.32. The normalized spacial score (nSPS) is 15.1. The maximum absolute atomic E-state index is 12.0. The maximum Gasteiger partial charge on any atom is 0.338 e. The van der Waals surface area contributed by atoms with Crippen molar-refractivity contribution in [3.8, 4) is 0 Å². The molecule has 1 aromatic rings. The molecule has 27 heavy (non-hydrogen) atoms. The molecular weight excluding hydrogens is 400 g/mol. The van der Waals surface area contributed by atoms with Gasteiger partial charge in [-0.15, -0.1) is 0 Å². The van der Waals surface area contributed by atoms with Gasteiger partial charge < -0.3 is 14.4 Å². The Kier molecular flexibility index (Phi) is 7.19. The smallest absolute Gasteiger partial charge is 0.338 e. The lowest BCUT2D eigenvalue weighted by molar-refractivity contribution is -0.384. The van der Waals surface area contributed by atoms with Gasteiger partial charge in [0.15, 0.2) is 0 Å². The van der Waals surface area contributed by atoms with E-state index in [-0.39, 0.29) is 41.1 Å². The van der Waals surface area contributed by atoms with Crippen molar-refractivity contribution in [2.24, 2.45) is 0 Å². The molecule has 0 radical (unpaired) electrons. The number of halogens is 1. The molecule has 0 N–H and O–H groups in total. The first-order valence-corrected chi connectivity index (χ1v) is 9.03. The average molecular weight is 415 g/mol. The second-order valence-corrected chi connectivity index (χ2v) is 6.66. The molecule has 2 rings (SSSR count). The number of ether oxygens (including phenoxy) is 2. The predicted molar refractivity (Wildman–Crippen MR) is 97.3 cm³/mol. The summed E-state index contributed by atoms with van der Waals surface area (Å²) in [6, 6.07) is 3.62. The third-order valence-corrected chi connectivity index (χ3v) is 4.84. The van der Waals surface area contributed by atoms with Gasteiger partial charge in [0.1, 0.15) is 5.02 Å². The van der Waals surface area contributed by atoms with Crippen molar-refractivity contribution in [3.05, 3.63) is 50.0 Å². The van der Waals surface area contributed by atoms with Gasteiger partial charge in [-0.25, -0.2) is 9.59 Å². The van der Waals surface area contributed by atoms with Gasteiger partial charge >= 0.3 is 11.9 Å². The minimum Gasteiger partial charge on any atom is -0.466 e. The number of amides is 1. The van der Waals surface area contributed by atoms with Crippen LogP contribution in [0.3, 0.4) is 0 Å². The van der Waals surface area contributed by atoms with Crippen LogP contribution in [0.25, 0.3) is 0 Å². The van der Waals surface area contributed by atoms with Crippen LogP contribution in [0, 0.1) is 10.1 Å². The first-order valence-electron chi connectivity index (χ1n) is 7.67. The van der Waals surface area contributed by atoms with Gasteiger partial charge in [-0.3, -0.25) is 14.9 Å². The topological polar surface area (TPSA) is 116 Å². The summed E-state index contributed by atoms with van der Waals surface area (Å²) in [6.07, 6.45) is 1.56. The Morgan fingerprint density at radius 1 is 1.44 bits per heavy atom. The largest absolute Gasteiger partial charge is 0.466 e. The molecule has 1 aromatic carbocycles. The molecule has 0 saturated carbocycles. The number of hydrogen-bond acceptors (Lipinski definition) is 8. The number of carbonyl (C=O) groups is 3. The van der Waals surface area contributed by atoms with Crippen molar-refractivity contribution in [2.45, 2.75) is 6.42 Å². The zero-order valence-corrected chi connectivity index (χ0v) is 15.7. The molecule has 1 amide bonds. The summed E-state index contributed by atoms with van der Waals surface area (Å²) in [5.41, 5.74) is -0.381. The summed E-state index contributed by atoms with van der Waals surface area (Å²) in [6.45, 7) is 0.248. The Balaban J connectivity index is 1.89. The van der Waals surface area contributed by atoms with Gasteiger partial charge in [0, 0.05) is 12.6 Å². The van der Waals surface area contributed by atoms with Crippen molar-refractivity contribution in [3.63, 3.8) is 0 Å². The average Bonchev–Trinajstić information content (AvgIpc) is 2.98. The van der Waals surface area contributed by atoms with E-state index < -0.39 is 16.9 Å². The van der Waals surface area contributed by atoms with Gasteiger partial charge in [-0.2, -0.15) is 0 Å². The van der Waals surface area contributed by atoms with E-state index in [9.17, 15) is 24.5 Å². The molecule has 0 bridgehead atoms. The number of methoxy groups -OCH3 is 1. The standard InChI is InChI=1S/C16H15ClN2O7S/c1-25-15(21)8-14-18(13(20)9-27-14)5-2-6-26-16(22)10-3-4-11(17)12(7-10)19(23)24/h3-4,7-8H,2,5-6,9H2,1H3. The first kappa shape index (κ1) is 20.7. The summed E-state index contributed by atoms with van der Waals surface area (Å²) in [5, 5.41) is 11.3. The number of rotatable bonds is 7. The predicted octanol–water partition coefficient (Wildman–Crippen LogP) is 2.38. The molecule has 0 unspecified atom stereocenters. The van der Waals surface area contributed by atoms with Crippen LogP contribution in [-0.2, 0) is 19.1 Å². The van der Waals surface area contributed by atoms with Crippen LogP contribution in [0.1, 0.15) is 16.8 Å². The Bertz CT molecular complexity index is 812. The number of nitrogens with zero attached hydrogens (tertiary/aromatic N) is 2. The third kappa shape index (κ3) is 5.44.